The van der Waals surface area contributed by atoms with Gasteiger partial charge < -0.3 is 20.7 Å². The van der Waals surface area contributed by atoms with Crippen molar-refractivity contribution in [1.29, 1.82) is 0 Å². The maximum atomic E-state index is 11.3. The third-order valence-corrected chi connectivity index (χ3v) is 2.19. The zero-order chi connectivity index (χ0) is 13.4. The molecule has 2 N–H and O–H groups in total. The number of carbonyl (C=O) groups excluding carboxylic acids is 1. The van der Waals surface area contributed by atoms with Crippen molar-refractivity contribution >= 4 is 17.4 Å². The van der Waals surface area contributed by atoms with E-state index in [4.69, 9.17) is 0 Å². The Hall–Kier alpha value is -2.18. The second kappa shape index (κ2) is 7.21. The second-order valence-corrected chi connectivity index (χ2v) is 3.69. The van der Waals surface area contributed by atoms with Gasteiger partial charge in [-0.25, -0.2) is 0 Å². The first-order chi connectivity index (χ1) is 8.63. The number of hydrogen-bond acceptors (Lipinski definition) is 5. The van der Waals surface area contributed by atoms with Crippen LogP contribution in [0.1, 0.15) is 19.8 Å². The van der Waals surface area contributed by atoms with Gasteiger partial charge >= 0.3 is 5.82 Å². The normalized spacial score (nSPS) is 9.83. The van der Waals surface area contributed by atoms with Crippen LogP contribution in [0.5, 0.6) is 0 Å². The molecule has 0 aliphatic heterocycles. The summed E-state index contributed by atoms with van der Waals surface area (Å²) in [4.78, 5) is 24.8. The highest BCUT2D eigenvalue weighted by Gasteiger charge is 2.06. The molecule has 0 fully saturated rings. The zero-order valence-corrected chi connectivity index (χ0v) is 10.2. The van der Waals surface area contributed by atoms with Crippen molar-refractivity contribution in [3.8, 4) is 0 Å². The van der Waals surface area contributed by atoms with Gasteiger partial charge in [0, 0.05) is 25.6 Å². The summed E-state index contributed by atoms with van der Waals surface area (Å²) in [5, 5.41) is 16.1. The van der Waals surface area contributed by atoms with Crippen LogP contribution in [0, 0.1) is 10.1 Å². The topological polar surface area (TPSA) is 97.2 Å². The van der Waals surface area contributed by atoms with Crippen molar-refractivity contribution in [1.82, 2.24) is 10.3 Å². The number of pyridine rings is 1. The van der Waals surface area contributed by atoms with Gasteiger partial charge in [-0.05, 0) is 22.4 Å². The number of nitrogens with one attached hydrogen (secondary N) is 2. The van der Waals surface area contributed by atoms with Crippen LogP contribution >= 0.6 is 0 Å². The van der Waals surface area contributed by atoms with E-state index in [2.05, 4.69) is 15.6 Å². The van der Waals surface area contributed by atoms with Gasteiger partial charge in [-0.3, -0.25) is 4.79 Å². The van der Waals surface area contributed by atoms with Gasteiger partial charge in [0.2, 0.25) is 5.91 Å². The lowest BCUT2D eigenvalue weighted by Crippen LogP contribution is -2.25. The van der Waals surface area contributed by atoms with E-state index in [1.807, 2.05) is 6.92 Å². The summed E-state index contributed by atoms with van der Waals surface area (Å²) >= 11 is 0. The molecule has 0 saturated carbocycles. The molecule has 0 spiro atoms. The minimum absolute atomic E-state index is 0.0146. The monoisotopic (exact) mass is 252 g/mol. The van der Waals surface area contributed by atoms with Gasteiger partial charge in [0.05, 0.1) is 5.69 Å². The molecule has 0 saturated heterocycles. The van der Waals surface area contributed by atoms with Crippen LogP contribution in [-0.4, -0.2) is 28.9 Å². The molecule has 1 aromatic rings. The predicted octanol–water partition coefficient (Wildman–Crippen LogP) is 1.32. The quantitative estimate of drug-likeness (QED) is 0.563. The Kier molecular flexibility index (Phi) is 5.56. The van der Waals surface area contributed by atoms with Crippen LogP contribution in [0.25, 0.3) is 0 Å². The van der Waals surface area contributed by atoms with Gasteiger partial charge in [0.1, 0.15) is 0 Å². The van der Waals surface area contributed by atoms with E-state index in [1.54, 1.807) is 6.07 Å². The van der Waals surface area contributed by atoms with Crippen molar-refractivity contribution in [2.45, 2.75) is 19.8 Å². The molecule has 0 atom stereocenters. The van der Waals surface area contributed by atoms with E-state index < -0.39 is 4.92 Å². The summed E-state index contributed by atoms with van der Waals surface area (Å²) in [7, 11) is 0. The number of nitrogens with zero attached hydrogens (tertiary/aromatic N) is 2. The van der Waals surface area contributed by atoms with Crippen molar-refractivity contribution < 1.29 is 9.72 Å². The molecular formula is C11H16N4O3. The molecule has 0 aliphatic rings. The van der Waals surface area contributed by atoms with Crippen molar-refractivity contribution in [2.75, 3.05) is 18.4 Å². The third-order valence-electron chi connectivity index (χ3n) is 2.19. The number of aromatic nitrogens is 1. The van der Waals surface area contributed by atoms with E-state index in [1.165, 1.54) is 12.3 Å². The lowest BCUT2D eigenvalue weighted by molar-refractivity contribution is -0.389. The van der Waals surface area contributed by atoms with Crippen LogP contribution in [0.2, 0.25) is 0 Å². The van der Waals surface area contributed by atoms with Crippen molar-refractivity contribution in [2.24, 2.45) is 0 Å². The van der Waals surface area contributed by atoms with Gasteiger partial charge in [-0.1, -0.05) is 6.92 Å². The summed E-state index contributed by atoms with van der Waals surface area (Å²) in [6, 6.07) is 2.88. The number of hydrogen-bond donors (Lipinski definition) is 2. The predicted molar refractivity (Wildman–Crippen MR) is 67.3 cm³/mol. The van der Waals surface area contributed by atoms with E-state index in [9.17, 15) is 14.9 Å². The molecule has 0 bridgehead atoms. The number of amides is 1. The highest BCUT2D eigenvalue weighted by molar-refractivity contribution is 5.76. The first kappa shape index (κ1) is 13.9. The highest BCUT2D eigenvalue weighted by atomic mass is 16.6. The van der Waals surface area contributed by atoms with Gasteiger partial charge in [0.25, 0.3) is 0 Å². The molecule has 0 radical (unpaired) electrons. The Morgan fingerprint density at radius 2 is 2.22 bits per heavy atom. The summed E-state index contributed by atoms with van der Waals surface area (Å²) in [6.45, 7) is 3.13. The van der Waals surface area contributed by atoms with Crippen LogP contribution in [0.15, 0.2) is 18.3 Å². The Balaban J connectivity index is 2.31. The molecule has 1 aromatic heterocycles. The standard InChI is InChI=1S/C11H16N4O3/c1-2-6-13-11(16)5-7-12-9-3-4-10(14-8-9)15(17)18/h3-4,8,12H,2,5-7H2,1H3,(H,13,16). The summed E-state index contributed by atoms with van der Waals surface area (Å²) in [5.74, 6) is -0.208. The van der Waals surface area contributed by atoms with Crippen LogP contribution < -0.4 is 10.6 Å². The van der Waals surface area contributed by atoms with Crippen molar-refractivity contribution in [3.05, 3.63) is 28.4 Å². The first-order valence-corrected chi connectivity index (χ1v) is 5.74. The number of anilines is 1. The van der Waals surface area contributed by atoms with Crippen LogP contribution in [0.3, 0.4) is 0 Å². The zero-order valence-electron chi connectivity index (χ0n) is 10.2. The number of nitro groups is 1. The average Bonchev–Trinajstić information content (AvgIpc) is 2.37. The molecule has 7 heteroatoms. The second-order valence-electron chi connectivity index (χ2n) is 3.69. The molecule has 0 aliphatic carbocycles. The Labute approximate surface area is 105 Å². The molecule has 1 amide bonds. The van der Waals surface area contributed by atoms with E-state index in [-0.39, 0.29) is 11.7 Å². The smallest absolute Gasteiger partial charge is 0.363 e. The van der Waals surface area contributed by atoms with E-state index in [0.29, 0.717) is 25.2 Å². The van der Waals surface area contributed by atoms with Crippen LogP contribution in [-0.2, 0) is 4.79 Å². The summed E-state index contributed by atoms with van der Waals surface area (Å²) < 4.78 is 0. The molecule has 1 rings (SSSR count). The summed E-state index contributed by atoms with van der Waals surface area (Å²) in [6.07, 6.45) is 2.64. The molecule has 7 nitrogen and oxygen atoms in total. The average molecular weight is 252 g/mol. The first-order valence-electron chi connectivity index (χ1n) is 5.74. The fourth-order valence-electron chi connectivity index (χ4n) is 1.27. The minimum Gasteiger partial charge on any atom is -0.381 e. The fraction of sp³-hybridized carbons (Fsp3) is 0.455. The molecule has 18 heavy (non-hydrogen) atoms. The van der Waals surface area contributed by atoms with Gasteiger partial charge in [0.15, 0.2) is 6.20 Å². The fourth-order valence-corrected chi connectivity index (χ4v) is 1.27. The van der Waals surface area contributed by atoms with E-state index >= 15 is 0 Å². The molecule has 1 heterocycles. The molecular weight excluding hydrogens is 236 g/mol. The number of rotatable bonds is 7. The SMILES string of the molecule is CCCNC(=O)CCNc1ccc([N+](=O)[O-])nc1. The highest BCUT2D eigenvalue weighted by Crippen LogP contribution is 2.10. The molecule has 0 aromatic carbocycles. The Bertz CT molecular complexity index is 405. The van der Waals surface area contributed by atoms with E-state index in [0.717, 1.165) is 6.42 Å². The number of carbonyl (C=O) groups is 1. The maximum absolute atomic E-state index is 11.3. The Morgan fingerprint density at radius 1 is 1.44 bits per heavy atom. The maximum Gasteiger partial charge on any atom is 0.363 e. The molecule has 98 valence electrons. The largest absolute Gasteiger partial charge is 0.381 e. The van der Waals surface area contributed by atoms with Gasteiger partial charge in [-0.15, -0.1) is 0 Å². The Morgan fingerprint density at radius 3 is 2.78 bits per heavy atom. The lowest BCUT2D eigenvalue weighted by atomic mass is 10.3. The van der Waals surface area contributed by atoms with Crippen molar-refractivity contribution in [3.63, 3.8) is 0 Å². The summed E-state index contributed by atoms with van der Waals surface area (Å²) in [5.41, 5.74) is 0.656. The lowest BCUT2D eigenvalue weighted by Gasteiger charge is -2.05. The third kappa shape index (κ3) is 4.77. The minimum atomic E-state index is -0.554. The van der Waals surface area contributed by atoms with Crippen LogP contribution in [0.4, 0.5) is 11.5 Å². The molecule has 0 unspecified atom stereocenters. The van der Waals surface area contributed by atoms with Gasteiger partial charge in [-0.2, -0.15) is 0 Å².